The first kappa shape index (κ1) is 21.2. The molecule has 0 unspecified atom stereocenters. The number of aromatic nitrogens is 3. The number of rotatable bonds is 6. The number of carbonyl (C=O) groups is 1. The molecule has 1 N–H and O–H groups in total. The van der Waals surface area contributed by atoms with Crippen molar-refractivity contribution >= 4 is 40.2 Å². The Balaban J connectivity index is 1.65. The molecule has 2 aromatic carbocycles. The van der Waals surface area contributed by atoms with Crippen LogP contribution in [0.3, 0.4) is 0 Å². The van der Waals surface area contributed by atoms with Crippen LogP contribution in [-0.2, 0) is 13.2 Å². The van der Waals surface area contributed by atoms with Gasteiger partial charge in [0.25, 0.3) is 0 Å². The minimum absolute atomic E-state index is 0.130. The van der Waals surface area contributed by atoms with E-state index in [0.717, 1.165) is 33.5 Å². The molecule has 0 radical (unpaired) electrons. The fraction of sp³-hybridized carbons (Fsp3) is 0.174. The maximum atomic E-state index is 11.1. The predicted molar refractivity (Wildman–Crippen MR) is 120 cm³/mol. The van der Waals surface area contributed by atoms with Crippen molar-refractivity contribution in [3.63, 3.8) is 0 Å². The Morgan fingerprint density at radius 1 is 1.13 bits per heavy atom. The van der Waals surface area contributed by atoms with E-state index in [-0.39, 0.29) is 18.1 Å². The van der Waals surface area contributed by atoms with Crippen LogP contribution in [0, 0.1) is 13.8 Å². The van der Waals surface area contributed by atoms with Crippen molar-refractivity contribution in [3.05, 3.63) is 86.8 Å². The van der Waals surface area contributed by atoms with Gasteiger partial charge >= 0.3 is 5.97 Å². The highest BCUT2D eigenvalue weighted by molar-refractivity contribution is 6.35. The molecule has 0 spiro atoms. The standard InChI is InChI=1S/C23H19Cl2N3O3/c1-13-7-15(12-31-21-9-16(23(29)30)5-6-26-21)8-20-22(13)27-14(2)28(20)11-17-3-4-18(24)10-19(17)25/h3-10H,11-12H2,1-2H3,(H,29,30). The molecule has 0 fully saturated rings. The van der Waals surface area contributed by atoms with E-state index in [1.165, 1.54) is 18.3 Å². The van der Waals surface area contributed by atoms with Crippen molar-refractivity contribution in [2.45, 2.75) is 27.0 Å². The molecular formula is C23H19Cl2N3O3. The van der Waals surface area contributed by atoms with Crippen LogP contribution in [0.4, 0.5) is 0 Å². The van der Waals surface area contributed by atoms with Crippen LogP contribution >= 0.6 is 23.2 Å². The molecule has 8 heteroatoms. The number of hydrogen-bond acceptors (Lipinski definition) is 4. The van der Waals surface area contributed by atoms with E-state index in [4.69, 9.17) is 38.0 Å². The van der Waals surface area contributed by atoms with Crippen molar-refractivity contribution in [2.24, 2.45) is 0 Å². The van der Waals surface area contributed by atoms with E-state index in [1.807, 2.05) is 38.1 Å². The zero-order valence-electron chi connectivity index (χ0n) is 16.9. The van der Waals surface area contributed by atoms with Crippen molar-refractivity contribution in [1.29, 1.82) is 0 Å². The molecule has 4 aromatic rings. The normalized spacial score (nSPS) is 11.1. The number of hydrogen-bond donors (Lipinski definition) is 1. The van der Waals surface area contributed by atoms with E-state index in [0.29, 0.717) is 16.6 Å². The number of aryl methyl sites for hydroxylation is 2. The lowest BCUT2D eigenvalue weighted by Crippen LogP contribution is -2.04. The second kappa shape index (κ2) is 8.57. The number of imidazole rings is 1. The second-order valence-electron chi connectivity index (χ2n) is 7.24. The number of carboxylic acid groups (broad SMARTS) is 1. The van der Waals surface area contributed by atoms with Crippen LogP contribution in [-0.4, -0.2) is 25.6 Å². The summed E-state index contributed by atoms with van der Waals surface area (Å²) < 4.78 is 7.85. The second-order valence-corrected chi connectivity index (χ2v) is 8.08. The van der Waals surface area contributed by atoms with Crippen molar-refractivity contribution in [3.8, 4) is 5.88 Å². The first-order valence-corrected chi connectivity index (χ1v) is 10.3. The lowest BCUT2D eigenvalue weighted by Gasteiger charge is -2.11. The number of pyridine rings is 1. The summed E-state index contributed by atoms with van der Waals surface area (Å²) >= 11 is 12.4. The van der Waals surface area contributed by atoms with Crippen LogP contribution in [0.25, 0.3) is 11.0 Å². The molecule has 0 bridgehead atoms. The number of ether oxygens (including phenoxy) is 1. The Hall–Kier alpha value is -3.09. The van der Waals surface area contributed by atoms with Gasteiger partial charge in [0.2, 0.25) is 5.88 Å². The molecule has 0 aliphatic heterocycles. The SMILES string of the molecule is Cc1cc(COc2cc(C(=O)O)ccn2)cc2c1nc(C)n2Cc1ccc(Cl)cc1Cl. The van der Waals surface area contributed by atoms with Gasteiger partial charge in [0.15, 0.2) is 0 Å². The number of carboxylic acids is 1. The summed E-state index contributed by atoms with van der Waals surface area (Å²) in [6.45, 7) is 4.77. The van der Waals surface area contributed by atoms with E-state index >= 15 is 0 Å². The Morgan fingerprint density at radius 3 is 2.68 bits per heavy atom. The molecule has 0 aliphatic rings. The van der Waals surface area contributed by atoms with Gasteiger partial charge in [-0.1, -0.05) is 35.3 Å². The molecule has 2 heterocycles. The monoisotopic (exact) mass is 455 g/mol. The summed E-state index contributed by atoms with van der Waals surface area (Å²) in [7, 11) is 0. The first-order valence-electron chi connectivity index (χ1n) is 9.54. The Morgan fingerprint density at radius 2 is 1.94 bits per heavy atom. The molecule has 0 amide bonds. The quantitative estimate of drug-likeness (QED) is 0.404. The highest BCUT2D eigenvalue weighted by Gasteiger charge is 2.14. The molecule has 31 heavy (non-hydrogen) atoms. The summed E-state index contributed by atoms with van der Waals surface area (Å²) in [4.78, 5) is 20.0. The Bertz CT molecular complexity index is 1300. The van der Waals surface area contributed by atoms with Crippen molar-refractivity contribution in [1.82, 2.24) is 14.5 Å². The van der Waals surface area contributed by atoms with Crippen LogP contribution in [0.15, 0.2) is 48.7 Å². The van der Waals surface area contributed by atoms with Crippen molar-refractivity contribution < 1.29 is 14.6 Å². The van der Waals surface area contributed by atoms with Crippen LogP contribution < -0.4 is 4.74 Å². The maximum absolute atomic E-state index is 11.1. The Kier molecular flexibility index (Phi) is 5.85. The molecule has 0 aliphatic carbocycles. The third-order valence-corrected chi connectivity index (χ3v) is 5.59. The third-order valence-electron chi connectivity index (χ3n) is 5.01. The minimum atomic E-state index is -1.02. The molecule has 6 nitrogen and oxygen atoms in total. The summed E-state index contributed by atoms with van der Waals surface area (Å²) in [6, 6.07) is 12.3. The molecule has 0 saturated heterocycles. The van der Waals surface area contributed by atoms with Gasteiger partial charge in [-0.3, -0.25) is 0 Å². The van der Waals surface area contributed by atoms with Crippen LogP contribution in [0.5, 0.6) is 5.88 Å². The Labute approximate surface area is 189 Å². The minimum Gasteiger partial charge on any atom is -0.478 e. The fourth-order valence-corrected chi connectivity index (χ4v) is 3.93. The van der Waals surface area contributed by atoms with E-state index in [1.54, 1.807) is 6.07 Å². The van der Waals surface area contributed by atoms with Gasteiger partial charge in [-0.15, -0.1) is 0 Å². The molecule has 0 saturated carbocycles. The van der Waals surface area contributed by atoms with Crippen molar-refractivity contribution in [2.75, 3.05) is 0 Å². The highest BCUT2D eigenvalue weighted by Crippen LogP contribution is 2.27. The molecule has 2 aromatic heterocycles. The van der Waals surface area contributed by atoms with Gasteiger partial charge in [-0.05, 0) is 54.8 Å². The van der Waals surface area contributed by atoms with Crippen LogP contribution in [0.2, 0.25) is 10.0 Å². The van der Waals surface area contributed by atoms with Gasteiger partial charge in [-0.2, -0.15) is 0 Å². The number of nitrogens with zero attached hydrogens (tertiary/aromatic N) is 3. The number of aromatic carboxylic acids is 1. The topological polar surface area (TPSA) is 77.2 Å². The average molecular weight is 456 g/mol. The number of halogens is 2. The summed E-state index contributed by atoms with van der Waals surface area (Å²) in [6.07, 6.45) is 1.42. The van der Waals surface area contributed by atoms with Crippen LogP contribution in [0.1, 0.15) is 32.9 Å². The summed E-state index contributed by atoms with van der Waals surface area (Å²) in [5, 5.41) is 10.3. The van der Waals surface area contributed by atoms with Gasteiger partial charge in [0.1, 0.15) is 12.4 Å². The fourth-order valence-electron chi connectivity index (χ4n) is 3.46. The van der Waals surface area contributed by atoms with E-state index in [9.17, 15) is 4.79 Å². The predicted octanol–water partition coefficient (Wildman–Crippen LogP) is 5.68. The highest BCUT2D eigenvalue weighted by atomic mass is 35.5. The summed E-state index contributed by atoms with van der Waals surface area (Å²) in [5.41, 5.74) is 4.91. The molecule has 0 atom stereocenters. The lowest BCUT2D eigenvalue weighted by atomic mass is 10.1. The van der Waals surface area contributed by atoms with Gasteiger partial charge in [0.05, 0.1) is 23.1 Å². The van der Waals surface area contributed by atoms with E-state index < -0.39 is 5.97 Å². The smallest absolute Gasteiger partial charge is 0.335 e. The average Bonchev–Trinajstić information content (AvgIpc) is 3.04. The molecule has 158 valence electrons. The first-order chi connectivity index (χ1) is 14.8. The van der Waals surface area contributed by atoms with E-state index in [2.05, 4.69) is 9.55 Å². The van der Waals surface area contributed by atoms with Gasteiger partial charge in [0, 0.05) is 22.3 Å². The number of fused-ring (bicyclic) bond motifs is 1. The largest absolute Gasteiger partial charge is 0.478 e. The van der Waals surface area contributed by atoms with Gasteiger partial charge < -0.3 is 14.4 Å². The maximum Gasteiger partial charge on any atom is 0.335 e. The van der Waals surface area contributed by atoms with Gasteiger partial charge in [-0.25, -0.2) is 14.8 Å². The zero-order chi connectivity index (χ0) is 22.1. The number of benzene rings is 2. The molecular weight excluding hydrogens is 437 g/mol. The summed E-state index contributed by atoms with van der Waals surface area (Å²) in [5.74, 6) is 0.109. The zero-order valence-corrected chi connectivity index (χ0v) is 18.4. The third kappa shape index (κ3) is 4.50. The molecule has 4 rings (SSSR count). The lowest BCUT2D eigenvalue weighted by molar-refractivity contribution is 0.0696.